The fraction of sp³-hybridized carbons (Fsp3) is 0.421. The maximum absolute atomic E-state index is 12.8. The molecule has 2 aromatic rings. The first-order valence-electron chi connectivity index (χ1n) is 8.37. The first kappa shape index (κ1) is 18.7. The number of alkyl halides is 3. The zero-order valence-corrected chi connectivity index (χ0v) is 14.5. The van der Waals surface area contributed by atoms with Crippen LogP contribution in [0.1, 0.15) is 42.5 Å². The van der Waals surface area contributed by atoms with E-state index in [-0.39, 0.29) is 12.1 Å². The van der Waals surface area contributed by atoms with Crippen molar-refractivity contribution >= 4 is 0 Å². The molecule has 0 aliphatic carbocycles. The van der Waals surface area contributed by atoms with Gasteiger partial charge in [0.2, 0.25) is 5.88 Å². The number of benzene rings is 1. The monoisotopic (exact) mass is 366 g/mol. The Morgan fingerprint density at radius 3 is 2.38 bits per heavy atom. The number of methoxy groups -OCH3 is 1. The average Bonchev–Trinajstić information content (AvgIpc) is 2.60. The van der Waals surface area contributed by atoms with Crippen LogP contribution in [0.5, 0.6) is 5.88 Å². The van der Waals surface area contributed by atoms with Gasteiger partial charge in [0.25, 0.3) is 0 Å². The van der Waals surface area contributed by atoms with Crippen molar-refractivity contribution in [2.75, 3.05) is 7.11 Å². The largest absolute Gasteiger partial charge is 0.481 e. The summed E-state index contributed by atoms with van der Waals surface area (Å²) in [5.74, 6) is 0.496. The number of piperidine rings is 1. The lowest BCUT2D eigenvalue weighted by molar-refractivity contribution is -0.137. The van der Waals surface area contributed by atoms with E-state index >= 15 is 0 Å². The molecule has 1 unspecified atom stereocenters. The second-order valence-corrected chi connectivity index (χ2v) is 6.77. The maximum Gasteiger partial charge on any atom is 0.416 e. The number of halogens is 3. The highest BCUT2D eigenvalue weighted by molar-refractivity contribution is 5.31. The molecule has 1 aliphatic heterocycles. The zero-order chi connectivity index (χ0) is 18.9. The van der Waals surface area contributed by atoms with Crippen LogP contribution in [-0.4, -0.2) is 23.2 Å². The molecule has 7 heteroatoms. The van der Waals surface area contributed by atoms with Crippen LogP contribution in [-0.2, 0) is 11.8 Å². The summed E-state index contributed by atoms with van der Waals surface area (Å²) in [5.41, 5.74) is -0.546. The molecule has 26 heavy (non-hydrogen) atoms. The summed E-state index contributed by atoms with van der Waals surface area (Å²) >= 11 is 0. The predicted molar refractivity (Wildman–Crippen MR) is 90.7 cm³/mol. The van der Waals surface area contributed by atoms with Gasteiger partial charge in [0, 0.05) is 24.3 Å². The van der Waals surface area contributed by atoms with E-state index in [4.69, 9.17) is 4.74 Å². The van der Waals surface area contributed by atoms with Gasteiger partial charge >= 0.3 is 6.18 Å². The molecule has 4 nitrogen and oxygen atoms in total. The number of hydrogen-bond donors (Lipinski definition) is 2. The van der Waals surface area contributed by atoms with Gasteiger partial charge in [-0.2, -0.15) is 13.2 Å². The molecule has 1 saturated heterocycles. The Bertz CT molecular complexity index is 747. The standard InChI is InChI=1S/C19H21F3N2O2/c1-12-9-18(25,14-4-6-15(7-5-14)19(20,21)22)10-16(24-12)13-3-8-17(26-2)23-11-13/h3-8,11-12,16,24-25H,9-10H2,1-2H3/t12-,16-,18?/m0/s1. The van der Waals surface area contributed by atoms with Crippen LogP contribution < -0.4 is 10.1 Å². The van der Waals surface area contributed by atoms with Gasteiger partial charge in [0.15, 0.2) is 0 Å². The van der Waals surface area contributed by atoms with Crippen LogP contribution >= 0.6 is 0 Å². The Morgan fingerprint density at radius 2 is 1.85 bits per heavy atom. The second kappa shape index (κ2) is 6.89. The van der Waals surface area contributed by atoms with Crippen LogP contribution in [0.15, 0.2) is 42.6 Å². The quantitative estimate of drug-likeness (QED) is 0.867. The highest BCUT2D eigenvalue weighted by atomic mass is 19.4. The molecule has 3 rings (SSSR count). The summed E-state index contributed by atoms with van der Waals surface area (Å²) < 4.78 is 43.4. The first-order valence-corrected chi connectivity index (χ1v) is 8.37. The van der Waals surface area contributed by atoms with Crippen LogP contribution in [0.3, 0.4) is 0 Å². The molecule has 1 aliphatic rings. The van der Waals surface area contributed by atoms with E-state index in [0.29, 0.717) is 24.3 Å². The van der Waals surface area contributed by atoms with Gasteiger partial charge in [-0.05, 0) is 43.0 Å². The van der Waals surface area contributed by atoms with Crippen molar-refractivity contribution in [1.29, 1.82) is 0 Å². The highest BCUT2D eigenvalue weighted by Crippen LogP contribution is 2.41. The van der Waals surface area contributed by atoms with Gasteiger partial charge in [-0.25, -0.2) is 4.98 Å². The Balaban J connectivity index is 1.85. The van der Waals surface area contributed by atoms with Gasteiger partial charge in [-0.1, -0.05) is 18.2 Å². The Labute approximate surface area is 150 Å². The number of nitrogens with zero attached hydrogens (tertiary/aromatic N) is 1. The lowest BCUT2D eigenvalue weighted by Gasteiger charge is -2.41. The molecule has 0 amide bonds. The van der Waals surface area contributed by atoms with Crippen LogP contribution in [0, 0.1) is 0 Å². The second-order valence-electron chi connectivity index (χ2n) is 6.77. The molecule has 2 heterocycles. The van der Waals surface area contributed by atoms with Crippen LogP contribution in [0.25, 0.3) is 0 Å². The van der Waals surface area contributed by atoms with Crippen LogP contribution in [0.4, 0.5) is 13.2 Å². The summed E-state index contributed by atoms with van der Waals surface area (Å²) in [5, 5.41) is 14.6. The van der Waals surface area contributed by atoms with Crippen molar-refractivity contribution < 1.29 is 23.0 Å². The number of aliphatic hydroxyl groups is 1. The molecule has 1 fully saturated rings. The van der Waals surface area contributed by atoms with Crippen molar-refractivity contribution in [2.45, 2.75) is 43.6 Å². The minimum Gasteiger partial charge on any atom is -0.481 e. The minimum absolute atomic E-state index is 0.0110. The highest BCUT2D eigenvalue weighted by Gasteiger charge is 2.40. The van der Waals surface area contributed by atoms with E-state index in [2.05, 4.69) is 10.3 Å². The van der Waals surface area contributed by atoms with E-state index < -0.39 is 17.3 Å². The SMILES string of the molecule is COc1ccc([C@@H]2CC(O)(c3ccc(C(F)(F)F)cc3)C[C@H](C)N2)cn1. The van der Waals surface area contributed by atoms with E-state index in [9.17, 15) is 18.3 Å². The average molecular weight is 366 g/mol. The number of ether oxygens (including phenoxy) is 1. The van der Waals surface area contributed by atoms with Crippen molar-refractivity contribution in [3.63, 3.8) is 0 Å². The normalized spacial score (nSPS) is 26.5. The third-order valence-electron chi connectivity index (χ3n) is 4.79. The predicted octanol–water partition coefficient (Wildman–Crippen LogP) is 3.81. The molecule has 0 saturated carbocycles. The van der Waals surface area contributed by atoms with E-state index in [1.807, 2.05) is 13.0 Å². The van der Waals surface area contributed by atoms with Gasteiger partial charge in [-0.3, -0.25) is 0 Å². The number of hydrogen-bond acceptors (Lipinski definition) is 4. The third-order valence-corrected chi connectivity index (χ3v) is 4.79. The summed E-state index contributed by atoms with van der Waals surface area (Å²) in [6.45, 7) is 1.94. The number of pyridine rings is 1. The summed E-state index contributed by atoms with van der Waals surface area (Å²) in [6.07, 6.45) is -1.95. The lowest BCUT2D eigenvalue weighted by Crippen LogP contribution is -2.46. The van der Waals surface area contributed by atoms with E-state index in [0.717, 1.165) is 17.7 Å². The lowest BCUT2D eigenvalue weighted by atomic mass is 9.77. The van der Waals surface area contributed by atoms with Gasteiger partial charge in [-0.15, -0.1) is 0 Å². The van der Waals surface area contributed by atoms with Crippen LogP contribution in [0.2, 0.25) is 0 Å². The maximum atomic E-state index is 12.8. The number of rotatable bonds is 3. The van der Waals surface area contributed by atoms with E-state index in [1.54, 1.807) is 12.3 Å². The molecule has 1 aromatic heterocycles. The molecule has 0 spiro atoms. The minimum atomic E-state index is -4.39. The van der Waals surface area contributed by atoms with Crippen molar-refractivity contribution in [3.8, 4) is 5.88 Å². The van der Waals surface area contributed by atoms with Crippen molar-refractivity contribution in [2.24, 2.45) is 0 Å². The molecule has 1 aromatic carbocycles. The molecule has 0 bridgehead atoms. The smallest absolute Gasteiger partial charge is 0.416 e. The van der Waals surface area contributed by atoms with Gasteiger partial charge < -0.3 is 15.2 Å². The first-order chi connectivity index (χ1) is 12.2. The summed E-state index contributed by atoms with van der Waals surface area (Å²) in [4.78, 5) is 4.19. The molecule has 140 valence electrons. The summed E-state index contributed by atoms with van der Waals surface area (Å²) in [7, 11) is 1.53. The van der Waals surface area contributed by atoms with Crippen molar-refractivity contribution in [1.82, 2.24) is 10.3 Å². The van der Waals surface area contributed by atoms with E-state index in [1.165, 1.54) is 19.2 Å². The Hall–Kier alpha value is -2.12. The van der Waals surface area contributed by atoms with Gasteiger partial charge in [0.1, 0.15) is 0 Å². The molecule has 3 atom stereocenters. The molecular formula is C19H21F3N2O2. The Kier molecular flexibility index (Phi) is 4.94. The topological polar surface area (TPSA) is 54.4 Å². The van der Waals surface area contributed by atoms with Crippen molar-refractivity contribution in [3.05, 3.63) is 59.3 Å². The molecule has 2 N–H and O–H groups in total. The summed E-state index contributed by atoms with van der Waals surface area (Å²) in [6, 6.07) is 8.21. The number of nitrogens with one attached hydrogen (secondary N) is 1. The third kappa shape index (κ3) is 3.83. The zero-order valence-electron chi connectivity index (χ0n) is 14.5. The van der Waals surface area contributed by atoms with Gasteiger partial charge in [0.05, 0.1) is 18.3 Å². The fourth-order valence-electron chi connectivity index (χ4n) is 3.53. The molecule has 0 radical (unpaired) electrons. The fourth-order valence-corrected chi connectivity index (χ4v) is 3.53. The number of aromatic nitrogens is 1. The molecular weight excluding hydrogens is 345 g/mol. The Morgan fingerprint density at radius 1 is 1.15 bits per heavy atom.